The van der Waals surface area contributed by atoms with Gasteiger partial charge in [-0.15, -0.1) is 0 Å². The van der Waals surface area contributed by atoms with Crippen molar-refractivity contribution in [2.75, 3.05) is 14.2 Å². The number of rotatable bonds is 10. The maximum atomic E-state index is 7.62. The van der Waals surface area contributed by atoms with Gasteiger partial charge in [-0.1, -0.05) is 32.9 Å². The van der Waals surface area contributed by atoms with Gasteiger partial charge in [-0.2, -0.15) is 0 Å². The van der Waals surface area contributed by atoms with Crippen LogP contribution in [0.15, 0.2) is 54.6 Å². The van der Waals surface area contributed by atoms with Crippen molar-refractivity contribution in [3.8, 4) is 23.0 Å². The summed E-state index contributed by atoms with van der Waals surface area (Å²) in [5.74, 6) is 2.09. The van der Waals surface area contributed by atoms with Gasteiger partial charge in [0.05, 0.1) is 14.2 Å². The van der Waals surface area contributed by atoms with E-state index in [9.17, 15) is 0 Å². The van der Waals surface area contributed by atoms with E-state index in [1.165, 1.54) is 0 Å². The Morgan fingerprint density at radius 3 is 1.42 bits per heavy atom. The summed E-state index contributed by atoms with van der Waals surface area (Å²) >= 11 is 0. The Morgan fingerprint density at radius 1 is 0.667 bits per heavy atom. The molecule has 0 saturated carbocycles. The zero-order chi connectivity index (χ0) is 26.5. The Kier molecular flexibility index (Phi) is 8.09. The van der Waals surface area contributed by atoms with E-state index in [1.807, 2.05) is 6.07 Å². The van der Waals surface area contributed by atoms with Crippen molar-refractivity contribution in [1.82, 2.24) is 0 Å². The van der Waals surface area contributed by atoms with Crippen LogP contribution < -0.4 is 30.4 Å². The molecule has 0 aromatic heterocycles. The molecular weight excluding hydrogens is 456 g/mol. The van der Waals surface area contributed by atoms with Crippen molar-refractivity contribution >= 4 is 11.7 Å². The summed E-state index contributed by atoms with van der Waals surface area (Å²) in [5.41, 5.74) is 15.4. The Hall–Kier alpha value is -4.20. The molecule has 0 bridgehead atoms. The lowest BCUT2D eigenvalue weighted by atomic mass is 9.85. The third-order valence-corrected chi connectivity index (χ3v) is 5.66. The number of amidine groups is 2. The fourth-order valence-electron chi connectivity index (χ4n) is 3.59. The molecule has 0 heterocycles. The van der Waals surface area contributed by atoms with Crippen LogP contribution in [0.4, 0.5) is 0 Å². The third-order valence-electron chi connectivity index (χ3n) is 5.66. The zero-order valence-electron chi connectivity index (χ0n) is 21.4. The summed E-state index contributed by atoms with van der Waals surface area (Å²) in [6, 6.07) is 16.6. The van der Waals surface area contributed by atoms with Crippen molar-refractivity contribution in [3.05, 3.63) is 82.4 Å². The highest BCUT2D eigenvalue weighted by Gasteiger charge is 2.17. The molecule has 3 aromatic carbocycles. The van der Waals surface area contributed by atoms with E-state index in [2.05, 4.69) is 32.9 Å². The zero-order valence-corrected chi connectivity index (χ0v) is 21.4. The van der Waals surface area contributed by atoms with Crippen LogP contribution in [0, 0.1) is 10.8 Å². The summed E-state index contributed by atoms with van der Waals surface area (Å²) in [6.45, 7) is 7.12. The molecule has 3 aromatic rings. The van der Waals surface area contributed by atoms with Crippen LogP contribution in [0.3, 0.4) is 0 Å². The summed E-state index contributed by atoms with van der Waals surface area (Å²) in [6.07, 6.45) is 0. The van der Waals surface area contributed by atoms with Crippen LogP contribution in [0.5, 0.6) is 23.0 Å². The summed E-state index contributed by atoms with van der Waals surface area (Å²) in [4.78, 5) is 0. The minimum absolute atomic E-state index is 0.0325. The molecule has 0 radical (unpaired) electrons. The molecule has 36 heavy (non-hydrogen) atoms. The van der Waals surface area contributed by atoms with Gasteiger partial charge < -0.3 is 30.4 Å². The van der Waals surface area contributed by atoms with Crippen molar-refractivity contribution in [2.45, 2.75) is 39.4 Å². The van der Waals surface area contributed by atoms with Gasteiger partial charge in [0.1, 0.15) is 24.9 Å². The van der Waals surface area contributed by atoms with Crippen molar-refractivity contribution in [3.63, 3.8) is 0 Å². The SMILES string of the molecule is COc1cc(C(=N)N)ccc1OCc1cc(COc2ccc(C(=N)N)cc2OC)cc(C(C)(C)C)c1. The second-order valence-electron chi connectivity index (χ2n) is 9.42. The molecule has 0 amide bonds. The van der Waals surface area contributed by atoms with Gasteiger partial charge in [0.25, 0.3) is 0 Å². The van der Waals surface area contributed by atoms with Crippen molar-refractivity contribution < 1.29 is 18.9 Å². The highest BCUT2D eigenvalue weighted by Crippen LogP contribution is 2.32. The Bertz CT molecular complexity index is 1180. The van der Waals surface area contributed by atoms with E-state index in [-0.39, 0.29) is 17.1 Å². The highest BCUT2D eigenvalue weighted by atomic mass is 16.5. The number of hydrogen-bond acceptors (Lipinski definition) is 6. The number of nitrogens with two attached hydrogens (primary N) is 2. The van der Waals surface area contributed by atoms with Gasteiger partial charge in [-0.05, 0) is 64.6 Å². The molecule has 0 atom stereocenters. The van der Waals surface area contributed by atoms with Crippen molar-refractivity contribution in [2.24, 2.45) is 11.5 Å². The highest BCUT2D eigenvalue weighted by molar-refractivity contribution is 5.96. The van der Waals surface area contributed by atoms with E-state index >= 15 is 0 Å². The van der Waals surface area contributed by atoms with Gasteiger partial charge in [0.2, 0.25) is 0 Å². The number of nitrogens with one attached hydrogen (secondary N) is 2. The molecule has 190 valence electrons. The molecule has 0 aliphatic heterocycles. The number of nitrogen functional groups attached to an aromatic ring is 2. The van der Waals surface area contributed by atoms with Gasteiger partial charge in [0.15, 0.2) is 23.0 Å². The van der Waals surface area contributed by atoms with Gasteiger partial charge >= 0.3 is 0 Å². The Labute approximate surface area is 212 Å². The molecule has 3 rings (SSSR count). The van der Waals surface area contributed by atoms with Gasteiger partial charge in [-0.3, -0.25) is 10.8 Å². The first-order chi connectivity index (χ1) is 17.0. The number of methoxy groups -OCH3 is 2. The molecule has 6 N–H and O–H groups in total. The fraction of sp³-hybridized carbons (Fsp3) is 0.286. The lowest BCUT2D eigenvalue weighted by Gasteiger charge is -2.22. The minimum atomic E-state index is -0.0770. The number of hydrogen-bond donors (Lipinski definition) is 4. The largest absolute Gasteiger partial charge is 0.493 e. The van der Waals surface area contributed by atoms with E-state index in [1.54, 1.807) is 50.6 Å². The quantitative estimate of drug-likeness (QED) is 0.240. The van der Waals surface area contributed by atoms with Crippen LogP contribution >= 0.6 is 0 Å². The number of ether oxygens (including phenoxy) is 4. The van der Waals surface area contributed by atoms with Crippen LogP contribution in [0.1, 0.15) is 48.6 Å². The monoisotopic (exact) mass is 490 g/mol. The molecule has 0 unspecified atom stereocenters. The van der Waals surface area contributed by atoms with E-state index in [4.69, 9.17) is 41.2 Å². The third kappa shape index (κ3) is 6.47. The number of benzene rings is 3. The normalized spacial score (nSPS) is 11.0. The Balaban J connectivity index is 1.83. The van der Waals surface area contributed by atoms with Crippen LogP contribution in [0.25, 0.3) is 0 Å². The second-order valence-corrected chi connectivity index (χ2v) is 9.42. The molecule has 8 heteroatoms. The molecule has 0 aliphatic carbocycles. The summed E-state index contributed by atoms with van der Waals surface area (Å²) in [5, 5.41) is 15.2. The minimum Gasteiger partial charge on any atom is -0.493 e. The first-order valence-corrected chi connectivity index (χ1v) is 11.5. The second kappa shape index (κ2) is 11.0. The molecular formula is C28H34N4O4. The van der Waals surface area contributed by atoms with E-state index < -0.39 is 0 Å². The van der Waals surface area contributed by atoms with Crippen LogP contribution in [-0.2, 0) is 18.6 Å². The summed E-state index contributed by atoms with van der Waals surface area (Å²) in [7, 11) is 3.11. The van der Waals surface area contributed by atoms with Crippen LogP contribution in [-0.4, -0.2) is 25.9 Å². The first kappa shape index (κ1) is 26.4. The van der Waals surface area contributed by atoms with E-state index in [0.29, 0.717) is 47.3 Å². The predicted octanol–water partition coefficient (Wildman–Crippen LogP) is 4.73. The molecule has 0 fully saturated rings. The predicted molar refractivity (Wildman–Crippen MR) is 142 cm³/mol. The fourth-order valence-corrected chi connectivity index (χ4v) is 3.59. The molecule has 0 aliphatic rings. The first-order valence-electron chi connectivity index (χ1n) is 11.5. The smallest absolute Gasteiger partial charge is 0.161 e. The van der Waals surface area contributed by atoms with E-state index in [0.717, 1.165) is 16.7 Å². The standard InChI is InChI=1S/C28H34N4O4/c1-28(2,3)21-11-17(15-35-22-8-6-19(26(29)30)13-24(22)33-4)10-18(12-21)16-36-23-9-7-20(27(31)32)14-25(23)34-5/h6-14H,15-16H2,1-5H3,(H3,29,30)(H3,31,32). The Morgan fingerprint density at radius 2 is 1.08 bits per heavy atom. The lowest BCUT2D eigenvalue weighted by Crippen LogP contribution is -2.13. The maximum Gasteiger partial charge on any atom is 0.161 e. The van der Waals surface area contributed by atoms with Gasteiger partial charge in [0, 0.05) is 11.1 Å². The molecule has 0 spiro atoms. The molecule has 8 nitrogen and oxygen atoms in total. The average Bonchev–Trinajstić information content (AvgIpc) is 2.85. The maximum absolute atomic E-state index is 7.62. The summed E-state index contributed by atoms with van der Waals surface area (Å²) < 4.78 is 23.0. The van der Waals surface area contributed by atoms with Gasteiger partial charge in [-0.25, -0.2) is 0 Å². The lowest BCUT2D eigenvalue weighted by molar-refractivity contribution is 0.279. The average molecular weight is 491 g/mol. The van der Waals surface area contributed by atoms with Crippen LogP contribution in [0.2, 0.25) is 0 Å². The van der Waals surface area contributed by atoms with Crippen molar-refractivity contribution in [1.29, 1.82) is 10.8 Å². The topological polar surface area (TPSA) is 137 Å². The molecule has 0 saturated heterocycles.